The van der Waals surface area contributed by atoms with E-state index < -0.39 is 11.1 Å². The quantitative estimate of drug-likeness (QED) is 0.453. The highest BCUT2D eigenvalue weighted by Gasteiger charge is 2.38. The molecule has 0 aromatic heterocycles. The predicted molar refractivity (Wildman–Crippen MR) is 109 cm³/mol. The summed E-state index contributed by atoms with van der Waals surface area (Å²) in [6.07, 6.45) is 7.72. The molecular formula is C21H39N3O3. The summed E-state index contributed by atoms with van der Waals surface area (Å²) in [6.45, 7) is 7.53. The monoisotopic (exact) mass is 381 g/mol. The molecular weight excluding hydrogens is 342 g/mol. The number of Topliss-reactive ketones (excluding diaryl/α,β-unsaturated/α-hetero) is 3. The number of nitrogens with one attached hydrogen (secondary N) is 3. The van der Waals surface area contributed by atoms with Gasteiger partial charge in [0, 0.05) is 0 Å². The molecule has 0 aliphatic heterocycles. The van der Waals surface area contributed by atoms with Gasteiger partial charge < -0.3 is 10.6 Å². The van der Waals surface area contributed by atoms with Crippen molar-refractivity contribution in [1.82, 2.24) is 16.0 Å². The van der Waals surface area contributed by atoms with Gasteiger partial charge in [0.15, 0.2) is 11.6 Å². The third-order valence-corrected chi connectivity index (χ3v) is 5.95. The smallest absolute Gasteiger partial charge is 0.166 e. The largest absolute Gasteiger partial charge is 0.308 e. The molecule has 1 aliphatic carbocycles. The van der Waals surface area contributed by atoms with Gasteiger partial charge in [-0.3, -0.25) is 19.7 Å². The fourth-order valence-electron chi connectivity index (χ4n) is 3.69. The van der Waals surface area contributed by atoms with E-state index >= 15 is 0 Å². The Hall–Kier alpha value is -1.11. The van der Waals surface area contributed by atoms with Gasteiger partial charge in [-0.25, -0.2) is 0 Å². The molecule has 27 heavy (non-hydrogen) atoms. The maximum absolute atomic E-state index is 12.8. The van der Waals surface area contributed by atoms with Gasteiger partial charge in [0.2, 0.25) is 0 Å². The van der Waals surface area contributed by atoms with E-state index in [-0.39, 0.29) is 36.5 Å². The summed E-state index contributed by atoms with van der Waals surface area (Å²) in [4.78, 5) is 37.2. The van der Waals surface area contributed by atoms with Crippen LogP contribution in [-0.2, 0) is 14.4 Å². The Balaban J connectivity index is 2.56. The highest BCUT2D eigenvalue weighted by Crippen LogP contribution is 2.28. The molecule has 0 radical (unpaired) electrons. The van der Waals surface area contributed by atoms with Crippen molar-refractivity contribution in [3.63, 3.8) is 0 Å². The van der Waals surface area contributed by atoms with E-state index in [1.54, 1.807) is 20.8 Å². The molecule has 3 N–H and O–H groups in total. The number of hydrogen-bond donors (Lipinski definition) is 3. The van der Waals surface area contributed by atoms with E-state index in [9.17, 15) is 14.4 Å². The highest BCUT2D eigenvalue weighted by atomic mass is 16.1. The van der Waals surface area contributed by atoms with Crippen LogP contribution in [0.15, 0.2) is 0 Å². The summed E-state index contributed by atoms with van der Waals surface area (Å²) in [6, 6.07) is -0.277. The van der Waals surface area contributed by atoms with Crippen LogP contribution in [-0.4, -0.2) is 54.6 Å². The predicted octanol–water partition coefficient (Wildman–Crippen LogP) is 2.15. The number of rotatable bonds is 13. The average Bonchev–Trinajstić information content (AvgIpc) is 2.66. The number of unbranched alkanes of at least 4 members (excludes halogenated alkanes) is 1. The topological polar surface area (TPSA) is 87.3 Å². The average molecular weight is 382 g/mol. The summed E-state index contributed by atoms with van der Waals surface area (Å²) in [5, 5.41) is 9.47. The highest BCUT2D eigenvalue weighted by molar-refractivity contribution is 5.93. The Bertz CT molecular complexity index is 511. The molecule has 0 heterocycles. The van der Waals surface area contributed by atoms with E-state index in [0.717, 1.165) is 44.9 Å². The maximum Gasteiger partial charge on any atom is 0.166 e. The summed E-state index contributed by atoms with van der Waals surface area (Å²) in [7, 11) is 1.85. The number of carbonyl (C=O) groups excluding carboxylic acids is 3. The number of likely N-dealkylation sites (N-methyl/N-ethyl adjacent to an activating group) is 1. The number of hydrogen-bond acceptors (Lipinski definition) is 6. The van der Waals surface area contributed by atoms with Crippen LogP contribution in [0.3, 0.4) is 0 Å². The van der Waals surface area contributed by atoms with Gasteiger partial charge in [-0.2, -0.15) is 0 Å². The molecule has 0 amide bonds. The summed E-state index contributed by atoms with van der Waals surface area (Å²) in [5.74, 6) is 0.147. The molecule has 6 nitrogen and oxygen atoms in total. The van der Waals surface area contributed by atoms with E-state index in [1.807, 2.05) is 7.05 Å². The summed E-state index contributed by atoms with van der Waals surface area (Å²) < 4.78 is 0. The van der Waals surface area contributed by atoms with E-state index in [2.05, 4.69) is 22.9 Å². The minimum atomic E-state index is -0.821. The lowest BCUT2D eigenvalue weighted by atomic mass is 9.78. The van der Waals surface area contributed by atoms with Crippen LogP contribution in [0, 0.1) is 0 Å². The molecule has 6 heteroatoms. The molecule has 1 aliphatic rings. The Morgan fingerprint density at radius 1 is 1.07 bits per heavy atom. The van der Waals surface area contributed by atoms with E-state index in [1.165, 1.54) is 6.42 Å². The maximum atomic E-state index is 12.8. The van der Waals surface area contributed by atoms with Crippen molar-refractivity contribution < 1.29 is 14.4 Å². The molecule has 1 rings (SSSR count). The molecule has 1 atom stereocenters. The second-order valence-corrected chi connectivity index (χ2v) is 8.40. The standard InChI is InChI=1S/C21H39N3O3/c1-6-7-11-17(16(2)25)23-14-18(26)20(3,4)24-15-19(27)21(22-5)12-9-8-10-13-21/h17,22-24H,6-15H2,1-5H3/t17-/m0/s1. The van der Waals surface area contributed by atoms with Gasteiger partial charge in [-0.05, 0) is 47.1 Å². The van der Waals surface area contributed by atoms with Crippen LogP contribution < -0.4 is 16.0 Å². The molecule has 0 bridgehead atoms. The third-order valence-electron chi connectivity index (χ3n) is 5.95. The molecule has 0 unspecified atom stereocenters. The minimum absolute atomic E-state index is 0.0415. The molecule has 156 valence electrons. The number of ketones is 3. The van der Waals surface area contributed by atoms with Gasteiger partial charge in [0.05, 0.1) is 30.2 Å². The lowest BCUT2D eigenvalue weighted by Gasteiger charge is -2.36. The van der Waals surface area contributed by atoms with Gasteiger partial charge in [0.1, 0.15) is 5.78 Å². The normalized spacial score (nSPS) is 18.1. The lowest BCUT2D eigenvalue weighted by Crippen LogP contribution is -2.58. The number of carbonyl (C=O) groups is 3. The SMILES string of the molecule is CCCC[C@H](NCC(=O)C(C)(C)NCC(=O)C1(NC)CCCCC1)C(C)=O. The van der Waals surface area contributed by atoms with Crippen LogP contribution in [0.25, 0.3) is 0 Å². The summed E-state index contributed by atoms with van der Waals surface area (Å²) in [5.41, 5.74) is -1.28. The van der Waals surface area contributed by atoms with Crippen molar-refractivity contribution in [1.29, 1.82) is 0 Å². The van der Waals surface area contributed by atoms with Crippen molar-refractivity contribution in [2.45, 2.75) is 96.2 Å². The molecule has 0 aromatic rings. The van der Waals surface area contributed by atoms with Gasteiger partial charge >= 0.3 is 0 Å². The second kappa shape index (κ2) is 11.0. The van der Waals surface area contributed by atoms with Crippen LogP contribution in [0.4, 0.5) is 0 Å². The van der Waals surface area contributed by atoms with Crippen LogP contribution >= 0.6 is 0 Å². The van der Waals surface area contributed by atoms with Crippen molar-refractivity contribution >= 4 is 17.3 Å². The van der Waals surface area contributed by atoms with E-state index in [4.69, 9.17) is 0 Å². The Morgan fingerprint density at radius 2 is 1.70 bits per heavy atom. The fourth-order valence-corrected chi connectivity index (χ4v) is 3.69. The lowest BCUT2D eigenvalue weighted by molar-refractivity contribution is -0.127. The fraction of sp³-hybridized carbons (Fsp3) is 0.857. The van der Waals surface area contributed by atoms with Crippen LogP contribution in [0.5, 0.6) is 0 Å². The minimum Gasteiger partial charge on any atom is -0.308 e. The molecule has 1 saturated carbocycles. The zero-order valence-corrected chi connectivity index (χ0v) is 17.9. The zero-order valence-electron chi connectivity index (χ0n) is 17.9. The van der Waals surface area contributed by atoms with E-state index in [0.29, 0.717) is 0 Å². The Labute approximate surface area is 164 Å². The third kappa shape index (κ3) is 7.09. The summed E-state index contributed by atoms with van der Waals surface area (Å²) >= 11 is 0. The molecule has 0 saturated heterocycles. The van der Waals surface area contributed by atoms with Gasteiger partial charge in [-0.1, -0.05) is 39.0 Å². The second-order valence-electron chi connectivity index (χ2n) is 8.40. The van der Waals surface area contributed by atoms with Crippen molar-refractivity contribution in [2.24, 2.45) is 0 Å². The van der Waals surface area contributed by atoms with Crippen molar-refractivity contribution in [3.05, 3.63) is 0 Å². The molecule has 1 fully saturated rings. The first-order valence-electron chi connectivity index (χ1n) is 10.4. The van der Waals surface area contributed by atoms with Crippen LogP contribution in [0.2, 0.25) is 0 Å². The Morgan fingerprint density at radius 3 is 2.22 bits per heavy atom. The van der Waals surface area contributed by atoms with Crippen molar-refractivity contribution in [3.8, 4) is 0 Å². The first-order valence-corrected chi connectivity index (χ1v) is 10.4. The molecule has 0 aromatic carbocycles. The molecule has 0 spiro atoms. The van der Waals surface area contributed by atoms with Crippen LogP contribution in [0.1, 0.15) is 79.1 Å². The first kappa shape index (κ1) is 23.9. The zero-order chi connectivity index (χ0) is 20.5. The first-order chi connectivity index (χ1) is 12.7. The Kier molecular flexibility index (Phi) is 9.77. The van der Waals surface area contributed by atoms with Gasteiger partial charge in [-0.15, -0.1) is 0 Å². The van der Waals surface area contributed by atoms with Gasteiger partial charge in [0.25, 0.3) is 0 Å². The van der Waals surface area contributed by atoms with Crippen molar-refractivity contribution in [2.75, 3.05) is 20.1 Å².